The van der Waals surface area contributed by atoms with E-state index in [1.807, 2.05) is 19.1 Å². The van der Waals surface area contributed by atoms with E-state index >= 15 is 0 Å². The second-order valence-electron chi connectivity index (χ2n) is 4.51. The molecular weight excluding hydrogens is 268 g/mol. The van der Waals surface area contributed by atoms with Gasteiger partial charge in [-0.1, -0.05) is 17.7 Å². The largest absolute Gasteiger partial charge is 0.379 e. The lowest BCUT2D eigenvalue weighted by Gasteiger charge is -2.11. The first-order valence-electron chi connectivity index (χ1n) is 5.92. The molecule has 0 spiro atoms. The van der Waals surface area contributed by atoms with E-state index in [1.54, 1.807) is 6.07 Å². The third-order valence-electron chi connectivity index (χ3n) is 3.02. The first-order valence-corrected chi connectivity index (χ1v) is 6.29. The maximum Gasteiger partial charge on any atom is 0.146 e. The second kappa shape index (κ2) is 5.57. The zero-order chi connectivity index (χ0) is 14.0. The molecule has 0 aliphatic heterocycles. The Morgan fingerprint density at radius 1 is 1.00 bits per heavy atom. The van der Waals surface area contributed by atoms with E-state index in [2.05, 4.69) is 5.32 Å². The zero-order valence-corrected chi connectivity index (χ0v) is 11.5. The summed E-state index contributed by atoms with van der Waals surface area (Å²) in [7, 11) is 0. The third-order valence-corrected chi connectivity index (χ3v) is 3.26. The highest BCUT2D eigenvalue weighted by Gasteiger charge is 2.07. The van der Waals surface area contributed by atoms with Gasteiger partial charge in [0, 0.05) is 17.6 Å². The Kier molecular flexibility index (Phi) is 4.05. The van der Waals surface area contributed by atoms with Gasteiger partial charge in [0.25, 0.3) is 0 Å². The van der Waals surface area contributed by atoms with Gasteiger partial charge in [-0.2, -0.15) is 0 Å². The van der Waals surface area contributed by atoms with Crippen LogP contribution in [0.5, 0.6) is 0 Å². The Bertz CT molecular complexity index is 611. The van der Waals surface area contributed by atoms with E-state index in [0.717, 1.165) is 11.1 Å². The van der Waals surface area contributed by atoms with E-state index in [1.165, 1.54) is 19.1 Å². The molecule has 0 aromatic heterocycles. The first-order chi connectivity index (χ1) is 8.97. The molecule has 0 atom stereocenters. The number of anilines is 1. The van der Waals surface area contributed by atoms with Crippen molar-refractivity contribution >= 4 is 17.3 Å². The molecule has 0 amide bonds. The van der Waals surface area contributed by atoms with Crippen LogP contribution in [0.4, 0.5) is 14.5 Å². The summed E-state index contributed by atoms with van der Waals surface area (Å²) < 4.78 is 27.0. The number of halogens is 3. The predicted octanol–water partition coefficient (Wildman–Crippen LogP) is 4.85. The Morgan fingerprint density at radius 3 is 2.42 bits per heavy atom. The van der Waals surface area contributed by atoms with Crippen molar-refractivity contribution in [1.82, 2.24) is 0 Å². The van der Waals surface area contributed by atoms with E-state index in [4.69, 9.17) is 11.6 Å². The van der Waals surface area contributed by atoms with Crippen LogP contribution in [-0.2, 0) is 6.54 Å². The molecule has 4 heteroatoms. The molecule has 19 heavy (non-hydrogen) atoms. The SMILES string of the molecule is Cc1cc(F)c(NCc2ccc(Cl)cc2C)cc1F. The molecule has 0 bridgehead atoms. The summed E-state index contributed by atoms with van der Waals surface area (Å²) in [6.07, 6.45) is 0. The molecule has 0 heterocycles. The van der Waals surface area contributed by atoms with Crippen LogP contribution in [0.1, 0.15) is 16.7 Å². The molecule has 0 radical (unpaired) electrons. The fraction of sp³-hybridized carbons (Fsp3) is 0.200. The highest BCUT2D eigenvalue weighted by Crippen LogP contribution is 2.21. The van der Waals surface area contributed by atoms with E-state index in [9.17, 15) is 8.78 Å². The maximum atomic E-state index is 13.6. The van der Waals surface area contributed by atoms with Gasteiger partial charge in [0.2, 0.25) is 0 Å². The van der Waals surface area contributed by atoms with E-state index < -0.39 is 11.6 Å². The Balaban J connectivity index is 2.16. The average Bonchev–Trinajstić information content (AvgIpc) is 2.34. The molecule has 0 fully saturated rings. The van der Waals surface area contributed by atoms with Gasteiger partial charge in [-0.25, -0.2) is 8.78 Å². The lowest BCUT2D eigenvalue weighted by Crippen LogP contribution is -2.04. The fourth-order valence-corrected chi connectivity index (χ4v) is 2.06. The summed E-state index contributed by atoms with van der Waals surface area (Å²) in [5, 5.41) is 3.56. The molecule has 0 aliphatic carbocycles. The molecule has 0 unspecified atom stereocenters. The van der Waals surface area contributed by atoms with Gasteiger partial charge < -0.3 is 5.32 Å². The standard InChI is InChI=1S/C15H14ClF2N/c1-9-5-12(16)4-3-11(9)8-19-15-7-13(17)10(2)6-14(15)18/h3-7,19H,8H2,1-2H3. The van der Waals surface area contributed by atoms with Gasteiger partial charge in [-0.3, -0.25) is 0 Å². The van der Waals surface area contributed by atoms with Crippen molar-refractivity contribution in [3.8, 4) is 0 Å². The summed E-state index contributed by atoms with van der Waals surface area (Å²) in [5.41, 5.74) is 2.46. The van der Waals surface area contributed by atoms with E-state index in [-0.39, 0.29) is 5.69 Å². The Labute approximate surface area is 116 Å². The van der Waals surface area contributed by atoms with Crippen molar-refractivity contribution in [2.75, 3.05) is 5.32 Å². The van der Waals surface area contributed by atoms with Gasteiger partial charge in [-0.15, -0.1) is 0 Å². The van der Waals surface area contributed by atoms with Gasteiger partial charge >= 0.3 is 0 Å². The molecule has 0 saturated carbocycles. The molecule has 2 aromatic rings. The minimum atomic E-state index is -0.453. The smallest absolute Gasteiger partial charge is 0.146 e. The van der Waals surface area contributed by atoms with Crippen molar-refractivity contribution in [2.24, 2.45) is 0 Å². The molecule has 1 nitrogen and oxygen atoms in total. The van der Waals surface area contributed by atoms with E-state index in [0.29, 0.717) is 17.1 Å². The summed E-state index contributed by atoms with van der Waals surface area (Å²) in [4.78, 5) is 0. The fourth-order valence-electron chi connectivity index (χ4n) is 1.83. The molecule has 0 aliphatic rings. The van der Waals surface area contributed by atoms with Crippen LogP contribution in [0, 0.1) is 25.5 Å². The summed E-state index contributed by atoms with van der Waals surface area (Å²) in [6, 6.07) is 7.84. The molecular formula is C15H14ClF2N. The van der Waals surface area contributed by atoms with Crippen LogP contribution < -0.4 is 5.32 Å². The van der Waals surface area contributed by atoms with Crippen molar-refractivity contribution in [1.29, 1.82) is 0 Å². The number of rotatable bonds is 3. The molecule has 1 N–H and O–H groups in total. The van der Waals surface area contributed by atoms with Gasteiger partial charge in [0.05, 0.1) is 5.69 Å². The van der Waals surface area contributed by atoms with Gasteiger partial charge in [0.15, 0.2) is 0 Å². The number of hydrogen-bond acceptors (Lipinski definition) is 1. The zero-order valence-electron chi connectivity index (χ0n) is 10.7. The molecule has 2 aromatic carbocycles. The quantitative estimate of drug-likeness (QED) is 0.848. The second-order valence-corrected chi connectivity index (χ2v) is 4.94. The number of aryl methyl sites for hydroxylation is 2. The average molecular weight is 282 g/mol. The van der Waals surface area contributed by atoms with Crippen LogP contribution in [0.3, 0.4) is 0 Å². The monoisotopic (exact) mass is 281 g/mol. The van der Waals surface area contributed by atoms with Crippen LogP contribution >= 0.6 is 11.6 Å². The highest BCUT2D eigenvalue weighted by molar-refractivity contribution is 6.30. The van der Waals surface area contributed by atoms with Crippen LogP contribution in [0.2, 0.25) is 5.02 Å². The highest BCUT2D eigenvalue weighted by atomic mass is 35.5. The predicted molar refractivity (Wildman–Crippen MR) is 74.6 cm³/mol. The van der Waals surface area contributed by atoms with Crippen molar-refractivity contribution in [2.45, 2.75) is 20.4 Å². The number of benzene rings is 2. The van der Waals surface area contributed by atoms with Crippen LogP contribution in [-0.4, -0.2) is 0 Å². The normalized spacial score (nSPS) is 10.6. The van der Waals surface area contributed by atoms with Crippen molar-refractivity contribution in [3.05, 3.63) is 63.7 Å². The van der Waals surface area contributed by atoms with Crippen molar-refractivity contribution in [3.63, 3.8) is 0 Å². The first kappa shape index (κ1) is 13.8. The summed E-state index contributed by atoms with van der Waals surface area (Å²) >= 11 is 5.87. The molecule has 0 saturated heterocycles. The number of nitrogens with one attached hydrogen (secondary N) is 1. The minimum absolute atomic E-state index is 0.164. The van der Waals surface area contributed by atoms with Gasteiger partial charge in [0.1, 0.15) is 11.6 Å². The molecule has 100 valence electrons. The molecule has 2 rings (SSSR count). The van der Waals surface area contributed by atoms with Crippen LogP contribution in [0.15, 0.2) is 30.3 Å². The maximum absolute atomic E-state index is 13.6. The van der Waals surface area contributed by atoms with Crippen LogP contribution in [0.25, 0.3) is 0 Å². The van der Waals surface area contributed by atoms with Crippen molar-refractivity contribution < 1.29 is 8.78 Å². The summed E-state index contributed by atoms with van der Waals surface area (Å²) in [6.45, 7) is 3.88. The van der Waals surface area contributed by atoms with Gasteiger partial charge in [-0.05, 0) is 48.7 Å². The number of hydrogen-bond donors (Lipinski definition) is 1. The topological polar surface area (TPSA) is 12.0 Å². The Morgan fingerprint density at radius 2 is 1.74 bits per heavy atom. The Hall–Kier alpha value is -1.61. The lowest BCUT2D eigenvalue weighted by atomic mass is 10.1. The lowest BCUT2D eigenvalue weighted by molar-refractivity contribution is 0.594. The summed E-state index contributed by atoms with van der Waals surface area (Å²) in [5.74, 6) is -0.873. The minimum Gasteiger partial charge on any atom is -0.379 e. The third kappa shape index (κ3) is 3.24.